The third-order valence-corrected chi connectivity index (χ3v) is 4.85. The summed E-state index contributed by atoms with van der Waals surface area (Å²) < 4.78 is 18.7. The summed E-state index contributed by atoms with van der Waals surface area (Å²) in [6.07, 6.45) is 3.45. The van der Waals surface area contributed by atoms with Crippen LogP contribution in [0.5, 0.6) is 0 Å². The first-order valence-corrected chi connectivity index (χ1v) is 9.55. The summed E-state index contributed by atoms with van der Waals surface area (Å²) in [7, 11) is 3.57. The zero-order valence-electron chi connectivity index (χ0n) is 17.3. The van der Waals surface area contributed by atoms with Crippen LogP contribution in [0.2, 0.25) is 0 Å². The summed E-state index contributed by atoms with van der Waals surface area (Å²) in [4.78, 5) is 27.1. The van der Waals surface area contributed by atoms with E-state index in [1.165, 1.54) is 12.1 Å². The SMILES string of the molecule is CN1CCn2nc(-c3nc(-c4cccc(F)c4)nn3-c3cnn(C)c3)cc2C1=O.O=CO. The smallest absolute Gasteiger partial charge is 0.290 e. The average molecular weight is 438 g/mol. The van der Waals surface area contributed by atoms with Gasteiger partial charge in [0.15, 0.2) is 11.6 Å². The van der Waals surface area contributed by atoms with E-state index in [0.717, 1.165) is 0 Å². The van der Waals surface area contributed by atoms with Gasteiger partial charge in [-0.05, 0) is 12.1 Å². The van der Waals surface area contributed by atoms with E-state index < -0.39 is 0 Å². The maximum Gasteiger partial charge on any atom is 0.290 e. The molecule has 1 amide bonds. The van der Waals surface area contributed by atoms with Gasteiger partial charge in [-0.25, -0.2) is 14.1 Å². The number of nitrogens with zero attached hydrogens (tertiary/aromatic N) is 8. The van der Waals surface area contributed by atoms with Gasteiger partial charge in [-0.1, -0.05) is 12.1 Å². The second kappa shape index (κ2) is 8.41. The van der Waals surface area contributed by atoms with Crippen LogP contribution in [0.3, 0.4) is 0 Å². The first-order valence-electron chi connectivity index (χ1n) is 9.55. The number of fused-ring (bicyclic) bond motifs is 1. The highest BCUT2D eigenvalue weighted by atomic mass is 19.1. The van der Waals surface area contributed by atoms with Crippen molar-refractivity contribution in [1.29, 1.82) is 0 Å². The molecule has 1 aromatic carbocycles. The van der Waals surface area contributed by atoms with Crippen molar-refractivity contribution >= 4 is 12.4 Å². The summed E-state index contributed by atoms with van der Waals surface area (Å²) in [5.74, 6) is 0.355. The van der Waals surface area contributed by atoms with Crippen LogP contribution >= 0.6 is 0 Å². The summed E-state index contributed by atoms with van der Waals surface area (Å²) >= 11 is 0. The minimum absolute atomic E-state index is 0.0900. The largest absolute Gasteiger partial charge is 0.483 e. The second-order valence-corrected chi connectivity index (χ2v) is 7.02. The van der Waals surface area contributed by atoms with Gasteiger partial charge in [-0.15, -0.1) is 5.10 Å². The van der Waals surface area contributed by atoms with E-state index in [2.05, 4.69) is 20.3 Å². The first-order chi connectivity index (χ1) is 15.4. The molecule has 1 aliphatic heterocycles. The van der Waals surface area contributed by atoms with Gasteiger partial charge in [0.1, 0.15) is 22.9 Å². The van der Waals surface area contributed by atoms with Crippen LogP contribution in [-0.4, -0.2) is 70.3 Å². The highest BCUT2D eigenvalue weighted by Gasteiger charge is 2.26. The molecule has 0 bridgehead atoms. The molecule has 12 heteroatoms. The number of carboxylic acid groups (broad SMARTS) is 1. The number of amides is 1. The second-order valence-electron chi connectivity index (χ2n) is 7.02. The molecular weight excluding hydrogens is 419 g/mol. The van der Waals surface area contributed by atoms with Crippen LogP contribution in [0, 0.1) is 5.82 Å². The zero-order chi connectivity index (χ0) is 22.8. The van der Waals surface area contributed by atoms with Crippen LogP contribution in [0.1, 0.15) is 10.5 Å². The zero-order valence-corrected chi connectivity index (χ0v) is 17.3. The Balaban J connectivity index is 0.000000775. The van der Waals surface area contributed by atoms with Crippen molar-refractivity contribution in [2.24, 2.45) is 7.05 Å². The van der Waals surface area contributed by atoms with E-state index in [1.54, 1.807) is 63.6 Å². The molecule has 0 spiro atoms. The Morgan fingerprint density at radius 2 is 1.94 bits per heavy atom. The fourth-order valence-electron chi connectivity index (χ4n) is 3.34. The Bertz CT molecular complexity index is 1290. The predicted octanol–water partition coefficient (Wildman–Crippen LogP) is 1.46. The first kappa shape index (κ1) is 20.9. The topological polar surface area (TPSA) is 124 Å². The number of halogens is 1. The molecule has 32 heavy (non-hydrogen) atoms. The molecule has 4 heterocycles. The summed E-state index contributed by atoms with van der Waals surface area (Å²) in [6.45, 7) is 0.951. The lowest BCUT2D eigenvalue weighted by molar-refractivity contribution is -0.122. The molecular formula is C20H19FN8O3. The quantitative estimate of drug-likeness (QED) is 0.480. The summed E-state index contributed by atoms with van der Waals surface area (Å²) in [5, 5.41) is 20.2. The number of aromatic nitrogens is 7. The standard InChI is InChI=1S/C19H17FN8O.CH2O2/c1-25-6-7-27-16(19(25)29)9-15(23-27)18-22-17(12-4-3-5-13(20)8-12)24-28(18)14-10-21-26(2)11-14;2-1-3/h3-5,8-11H,6-7H2,1-2H3;1H,(H,2,3). The van der Waals surface area contributed by atoms with Crippen LogP contribution in [0.15, 0.2) is 42.7 Å². The Morgan fingerprint density at radius 1 is 1.16 bits per heavy atom. The van der Waals surface area contributed by atoms with Crippen molar-refractivity contribution < 1.29 is 19.1 Å². The molecule has 0 unspecified atom stereocenters. The van der Waals surface area contributed by atoms with Gasteiger partial charge in [-0.3, -0.25) is 19.0 Å². The number of hydrogen-bond acceptors (Lipinski definition) is 6. The van der Waals surface area contributed by atoms with Crippen LogP contribution in [0.4, 0.5) is 4.39 Å². The average Bonchev–Trinajstić information content (AvgIpc) is 3.49. The van der Waals surface area contributed by atoms with Crippen molar-refractivity contribution in [3.8, 4) is 28.6 Å². The minimum Gasteiger partial charge on any atom is -0.483 e. The van der Waals surface area contributed by atoms with Crippen LogP contribution < -0.4 is 0 Å². The summed E-state index contributed by atoms with van der Waals surface area (Å²) in [6, 6.07) is 7.81. The summed E-state index contributed by atoms with van der Waals surface area (Å²) in [5.41, 5.74) is 2.25. The third kappa shape index (κ3) is 3.85. The van der Waals surface area contributed by atoms with E-state index in [9.17, 15) is 9.18 Å². The Hall–Kier alpha value is -4.35. The van der Waals surface area contributed by atoms with Crippen molar-refractivity contribution in [1.82, 2.24) is 39.2 Å². The van der Waals surface area contributed by atoms with Crippen molar-refractivity contribution in [2.75, 3.05) is 13.6 Å². The molecule has 0 saturated carbocycles. The van der Waals surface area contributed by atoms with Gasteiger partial charge in [0.05, 0.1) is 18.9 Å². The fourth-order valence-corrected chi connectivity index (χ4v) is 3.34. The molecule has 1 aliphatic rings. The van der Waals surface area contributed by atoms with Crippen LogP contribution in [-0.2, 0) is 18.4 Å². The van der Waals surface area contributed by atoms with E-state index >= 15 is 0 Å². The van der Waals surface area contributed by atoms with Gasteiger partial charge in [0, 0.05) is 32.3 Å². The van der Waals surface area contributed by atoms with Crippen LogP contribution in [0.25, 0.3) is 28.6 Å². The Kier molecular flexibility index (Phi) is 5.50. The number of hydrogen-bond donors (Lipinski definition) is 1. The molecule has 0 atom stereocenters. The molecule has 164 valence electrons. The number of benzene rings is 1. The monoisotopic (exact) mass is 438 g/mol. The molecule has 3 aromatic heterocycles. The van der Waals surface area contributed by atoms with E-state index in [0.29, 0.717) is 47.4 Å². The van der Waals surface area contributed by atoms with Crippen molar-refractivity contribution in [3.63, 3.8) is 0 Å². The van der Waals surface area contributed by atoms with E-state index in [4.69, 9.17) is 9.90 Å². The molecule has 0 saturated heterocycles. The van der Waals surface area contributed by atoms with Gasteiger partial charge >= 0.3 is 0 Å². The minimum atomic E-state index is -0.368. The number of likely N-dealkylation sites (N-methyl/N-ethyl adjacent to an activating group) is 1. The third-order valence-electron chi connectivity index (χ3n) is 4.85. The van der Waals surface area contributed by atoms with Crippen molar-refractivity contribution in [3.05, 3.63) is 54.2 Å². The lowest BCUT2D eigenvalue weighted by Gasteiger charge is -2.22. The highest BCUT2D eigenvalue weighted by molar-refractivity contribution is 5.94. The molecule has 0 fully saturated rings. The normalized spacial score (nSPS) is 12.8. The molecule has 5 rings (SSSR count). The molecule has 11 nitrogen and oxygen atoms in total. The van der Waals surface area contributed by atoms with E-state index in [-0.39, 0.29) is 18.2 Å². The van der Waals surface area contributed by atoms with E-state index in [1.807, 2.05) is 0 Å². The Morgan fingerprint density at radius 3 is 2.62 bits per heavy atom. The molecule has 0 aliphatic carbocycles. The number of rotatable bonds is 3. The molecule has 4 aromatic rings. The lowest BCUT2D eigenvalue weighted by Crippen LogP contribution is -2.37. The lowest BCUT2D eigenvalue weighted by atomic mass is 10.2. The van der Waals surface area contributed by atoms with Gasteiger partial charge in [0.2, 0.25) is 0 Å². The Labute approximate surface area is 181 Å². The molecule has 1 N–H and O–H groups in total. The maximum atomic E-state index is 13.7. The highest BCUT2D eigenvalue weighted by Crippen LogP contribution is 2.26. The number of aryl methyl sites for hydroxylation is 1. The number of carbonyl (C=O) groups excluding carboxylic acids is 1. The predicted molar refractivity (Wildman–Crippen MR) is 110 cm³/mol. The fraction of sp³-hybridized carbons (Fsp3) is 0.200. The van der Waals surface area contributed by atoms with Gasteiger partial charge in [0.25, 0.3) is 12.4 Å². The van der Waals surface area contributed by atoms with Crippen molar-refractivity contribution in [2.45, 2.75) is 6.54 Å². The van der Waals surface area contributed by atoms with Gasteiger partial charge < -0.3 is 10.0 Å². The molecule has 0 radical (unpaired) electrons. The van der Waals surface area contributed by atoms with Gasteiger partial charge in [-0.2, -0.15) is 10.2 Å². The maximum absolute atomic E-state index is 13.7. The number of carbonyl (C=O) groups is 2.